The Kier molecular flexibility index (Phi) is 2.18. The Labute approximate surface area is 149 Å². The summed E-state index contributed by atoms with van der Waals surface area (Å²) >= 11 is 2.66. The van der Waals surface area contributed by atoms with Gasteiger partial charge >= 0.3 is 0 Å². The SMILES string of the molecule is CC(C)N1c2cccc3c2[N+]2(I)c4c(cccc4C4NC4C12)O3. The third kappa shape index (κ3) is 1.30. The average molecular weight is 418 g/mol. The lowest BCUT2D eigenvalue weighted by Crippen LogP contribution is -2.57. The highest BCUT2D eigenvalue weighted by molar-refractivity contribution is 14.1. The topological polar surface area (TPSA) is 34.4 Å². The molecule has 0 bridgehead atoms. The van der Waals surface area contributed by atoms with E-state index in [1.165, 1.54) is 22.6 Å². The van der Waals surface area contributed by atoms with Crippen LogP contribution < -0.4 is 17.6 Å². The number of rotatable bonds is 1. The Balaban J connectivity index is 1.77. The van der Waals surface area contributed by atoms with Gasteiger partial charge in [0, 0.05) is 11.6 Å². The smallest absolute Gasteiger partial charge is 0.263 e. The molecule has 5 heteroatoms. The van der Waals surface area contributed by atoms with Crippen LogP contribution in [0.5, 0.6) is 11.5 Å². The molecule has 6 rings (SSSR count). The molecule has 0 radical (unpaired) electrons. The van der Waals surface area contributed by atoms with Crippen LogP contribution in [-0.2, 0) is 0 Å². The molecule has 0 saturated carbocycles. The summed E-state index contributed by atoms with van der Waals surface area (Å²) < 4.78 is 7.14. The van der Waals surface area contributed by atoms with E-state index in [1.54, 1.807) is 0 Å². The fourth-order valence-corrected chi connectivity index (χ4v) is 6.45. The third-order valence-corrected chi connectivity index (χ3v) is 7.18. The summed E-state index contributed by atoms with van der Waals surface area (Å²) in [6.07, 6.45) is 0.397. The molecule has 4 heterocycles. The highest BCUT2D eigenvalue weighted by atomic mass is 127. The van der Waals surface area contributed by atoms with Crippen LogP contribution in [0.25, 0.3) is 0 Å². The molecule has 1 saturated heterocycles. The van der Waals surface area contributed by atoms with E-state index in [0.29, 0.717) is 24.3 Å². The molecule has 1 N–H and O–H groups in total. The maximum absolute atomic E-state index is 6.32. The van der Waals surface area contributed by atoms with Crippen LogP contribution in [-0.4, -0.2) is 18.2 Å². The van der Waals surface area contributed by atoms with Crippen molar-refractivity contribution in [2.24, 2.45) is 0 Å². The van der Waals surface area contributed by atoms with Crippen molar-refractivity contribution in [2.45, 2.75) is 38.1 Å². The number of halogens is 1. The maximum Gasteiger partial charge on any atom is 0.263 e. The second kappa shape index (κ2) is 3.84. The van der Waals surface area contributed by atoms with Gasteiger partial charge in [-0.1, -0.05) is 18.2 Å². The van der Waals surface area contributed by atoms with Gasteiger partial charge in [-0.15, -0.1) is 0 Å². The number of anilines is 1. The molecule has 23 heavy (non-hydrogen) atoms. The number of para-hydroxylation sites is 2. The molecule has 2 aromatic rings. The van der Waals surface area contributed by atoms with Gasteiger partial charge in [-0.05, 0) is 32.0 Å². The number of fused-ring (bicyclic) bond motifs is 3. The molecule has 4 aliphatic rings. The van der Waals surface area contributed by atoms with E-state index in [-0.39, 0.29) is 0 Å². The summed E-state index contributed by atoms with van der Waals surface area (Å²) in [6, 6.07) is 14.4. The molecular weight excluding hydrogens is 401 g/mol. The lowest BCUT2D eigenvalue weighted by Gasteiger charge is -2.42. The molecule has 2 aromatic carbocycles. The van der Waals surface area contributed by atoms with Gasteiger partial charge in [-0.3, -0.25) is 5.32 Å². The van der Waals surface area contributed by atoms with Crippen molar-refractivity contribution in [3.63, 3.8) is 0 Å². The number of hydrogen-bond acceptors (Lipinski definition) is 3. The third-order valence-electron chi connectivity index (χ3n) is 5.64. The molecule has 0 amide bonds. The van der Waals surface area contributed by atoms with E-state index in [0.717, 1.165) is 14.2 Å². The lowest BCUT2D eigenvalue weighted by molar-refractivity contribution is 0.380. The van der Waals surface area contributed by atoms with Gasteiger partial charge < -0.3 is 9.64 Å². The first-order chi connectivity index (χ1) is 11.1. The summed E-state index contributed by atoms with van der Waals surface area (Å²) in [7, 11) is 0. The summed E-state index contributed by atoms with van der Waals surface area (Å²) in [4.78, 5) is 2.59. The Hall–Kier alpha value is -1.31. The van der Waals surface area contributed by atoms with Crippen LogP contribution >= 0.6 is 22.9 Å². The molecule has 0 aliphatic carbocycles. The predicted octanol–water partition coefficient (Wildman–Crippen LogP) is 4.36. The van der Waals surface area contributed by atoms with Crippen molar-refractivity contribution in [3.05, 3.63) is 42.0 Å². The van der Waals surface area contributed by atoms with Crippen molar-refractivity contribution < 1.29 is 4.74 Å². The number of hydrogen-bond donors (Lipinski definition) is 1. The second-order valence-corrected chi connectivity index (χ2v) is 8.66. The Morgan fingerprint density at radius 1 is 1.13 bits per heavy atom. The van der Waals surface area contributed by atoms with Crippen LogP contribution in [0.4, 0.5) is 17.1 Å². The quantitative estimate of drug-likeness (QED) is 0.425. The van der Waals surface area contributed by atoms with Crippen molar-refractivity contribution in [1.29, 1.82) is 0 Å². The minimum absolute atomic E-state index is 0.397. The normalized spacial score (nSPS) is 34.1. The van der Waals surface area contributed by atoms with Gasteiger partial charge in [0.15, 0.2) is 23.4 Å². The number of benzene rings is 2. The standard InChI is InChI=1S/C18H17IN3O/c1-9(2)21-11-6-4-8-13-17(11)22(19)16-10(5-3-7-12(16)23-13)14-15(20-14)18(21)22/h3-9,14-15,18,20H,1-2H3/q+1. The first-order valence-electron chi connectivity index (χ1n) is 8.20. The first kappa shape index (κ1) is 13.0. The van der Waals surface area contributed by atoms with Crippen LogP contribution in [0.2, 0.25) is 0 Å². The lowest BCUT2D eigenvalue weighted by atomic mass is 9.97. The second-order valence-electron chi connectivity index (χ2n) is 7.14. The van der Waals surface area contributed by atoms with Gasteiger partial charge in [0.2, 0.25) is 5.69 Å². The van der Waals surface area contributed by atoms with Crippen LogP contribution in [0.1, 0.15) is 25.5 Å². The molecule has 0 spiro atoms. The Morgan fingerprint density at radius 3 is 2.65 bits per heavy atom. The minimum Gasteiger partial charge on any atom is -0.445 e. The molecule has 1 fully saturated rings. The zero-order valence-electron chi connectivity index (χ0n) is 13.0. The monoisotopic (exact) mass is 418 g/mol. The van der Waals surface area contributed by atoms with Crippen molar-refractivity contribution >= 4 is 39.9 Å². The van der Waals surface area contributed by atoms with Crippen LogP contribution in [0.3, 0.4) is 0 Å². The predicted molar refractivity (Wildman–Crippen MR) is 99.5 cm³/mol. The molecule has 4 nitrogen and oxygen atoms in total. The van der Waals surface area contributed by atoms with Gasteiger partial charge in [0.1, 0.15) is 11.7 Å². The number of quaternary nitrogens is 1. The van der Waals surface area contributed by atoms with Crippen LogP contribution in [0, 0.1) is 0 Å². The van der Waals surface area contributed by atoms with Crippen LogP contribution in [0.15, 0.2) is 36.4 Å². The molecule has 116 valence electrons. The number of ether oxygens (including phenoxy) is 1. The summed E-state index contributed by atoms with van der Waals surface area (Å²) in [6.45, 7) is 4.58. The van der Waals surface area contributed by atoms with Gasteiger partial charge in [-0.25, -0.2) is 0 Å². The maximum atomic E-state index is 6.32. The molecule has 4 aliphatic heterocycles. The number of nitrogens with one attached hydrogen (secondary N) is 1. The van der Waals surface area contributed by atoms with E-state index in [4.69, 9.17) is 4.74 Å². The van der Waals surface area contributed by atoms with Gasteiger partial charge in [0.25, 0.3) is 22.9 Å². The van der Waals surface area contributed by atoms with Gasteiger partial charge in [0.05, 0.1) is 6.04 Å². The zero-order valence-corrected chi connectivity index (χ0v) is 15.1. The Morgan fingerprint density at radius 2 is 1.87 bits per heavy atom. The van der Waals surface area contributed by atoms with E-state index < -0.39 is 0 Å². The summed E-state index contributed by atoms with van der Waals surface area (Å²) in [5.41, 5.74) is 5.39. The van der Waals surface area contributed by atoms with E-state index >= 15 is 0 Å². The fourth-order valence-electron chi connectivity index (χ4n) is 4.83. The summed E-state index contributed by atoms with van der Waals surface area (Å²) in [5, 5.41) is 3.74. The number of nitrogens with zero attached hydrogens (tertiary/aromatic N) is 2. The summed E-state index contributed by atoms with van der Waals surface area (Å²) in [5.74, 6) is 2.03. The highest BCUT2D eigenvalue weighted by Gasteiger charge is 2.70. The average Bonchev–Trinajstić information content (AvgIpc) is 3.26. The molecule has 4 unspecified atom stereocenters. The van der Waals surface area contributed by atoms with E-state index in [2.05, 4.69) is 83.3 Å². The van der Waals surface area contributed by atoms with E-state index in [9.17, 15) is 0 Å². The first-order valence-corrected chi connectivity index (χ1v) is 9.16. The largest absolute Gasteiger partial charge is 0.445 e. The van der Waals surface area contributed by atoms with Crippen molar-refractivity contribution in [3.8, 4) is 11.5 Å². The van der Waals surface area contributed by atoms with Crippen molar-refractivity contribution in [2.75, 3.05) is 4.90 Å². The van der Waals surface area contributed by atoms with Gasteiger partial charge in [-0.2, -0.15) is 2.70 Å². The molecule has 4 atom stereocenters. The zero-order chi connectivity index (χ0) is 15.5. The highest BCUT2D eigenvalue weighted by Crippen LogP contribution is 2.70. The molecular formula is C18H17IN3O+. The fraction of sp³-hybridized carbons (Fsp3) is 0.333. The minimum atomic E-state index is 0.397. The van der Waals surface area contributed by atoms with Crippen molar-refractivity contribution in [1.82, 2.24) is 8.01 Å². The Bertz CT molecular complexity index is 883. The molecule has 0 aromatic heterocycles. The van der Waals surface area contributed by atoms with E-state index in [1.807, 2.05) is 0 Å².